The maximum Gasteiger partial charge on any atom is 0.227 e. The highest BCUT2D eigenvalue weighted by Gasteiger charge is 2.35. The largest absolute Gasteiger partial charge is 0.394 e. The van der Waals surface area contributed by atoms with E-state index in [4.69, 9.17) is 5.73 Å². The molecule has 1 rings (SSSR count). The normalized spacial score (nSPS) is 29.3. The average Bonchev–Trinajstić information content (AvgIpc) is 2.57. The molecule has 1 heterocycles. The van der Waals surface area contributed by atoms with E-state index in [-0.39, 0.29) is 24.5 Å². The van der Waals surface area contributed by atoms with Crippen LogP contribution >= 0.6 is 0 Å². The Morgan fingerprint density at radius 3 is 2.86 bits per heavy atom. The van der Waals surface area contributed by atoms with E-state index in [1.165, 1.54) is 0 Å². The number of carbonyl (C=O) groups excluding carboxylic acids is 1. The Morgan fingerprint density at radius 1 is 1.71 bits per heavy atom. The van der Waals surface area contributed by atoms with Crippen molar-refractivity contribution in [3.63, 3.8) is 0 Å². The van der Waals surface area contributed by atoms with Gasteiger partial charge in [-0.3, -0.25) is 4.79 Å². The minimum Gasteiger partial charge on any atom is -0.394 e. The summed E-state index contributed by atoms with van der Waals surface area (Å²) >= 11 is 0. The van der Waals surface area contributed by atoms with Gasteiger partial charge >= 0.3 is 0 Å². The molecule has 1 aliphatic heterocycles. The summed E-state index contributed by atoms with van der Waals surface area (Å²) in [6.07, 6.45) is 0.980. The minimum absolute atomic E-state index is 0.00324. The molecule has 0 saturated carbocycles. The number of hydrogen-bond donors (Lipinski definition) is 2. The zero-order valence-electron chi connectivity index (χ0n) is 8.94. The first-order valence-electron chi connectivity index (χ1n) is 5.23. The van der Waals surface area contributed by atoms with Crippen molar-refractivity contribution in [3.8, 4) is 0 Å². The quantitative estimate of drug-likeness (QED) is 0.663. The van der Waals surface area contributed by atoms with Crippen molar-refractivity contribution < 1.29 is 9.90 Å². The summed E-state index contributed by atoms with van der Waals surface area (Å²) in [6, 6.07) is -0.00324. The number of nitrogens with zero attached hydrogens (tertiary/aromatic N) is 1. The molecule has 0 spiro atoms. The van der Waals surface area contributed by atoms with E-state index in [0.29, 0.717) is 12.5 Å². The van der Waals surface area contributed by atoms with Crippen molar-refractivity contribution in [2.45, 2.75) is 26.3 Å². The van der Waals surface area contributed by atoms with Crippen molar-refractivity contribution in [2.75, 3.05) is 19.7 Å². The van der Waals surface area contributed by atoms with Crippen molar-refractivity contribution in [2.24, 2.45) is 17.6 Å². The monoisotopic (exact) mass is 200 g/mol. The van der Waals surface area contributed by atoms with Crippen molar-refractivity contribution in [1.82, 2.24) is 4.90 Å². The molecule has 0 radical (unpaired) electrons. The lowest BCUT2D eigenvalue weighted by atomic mass is 10.0. The number of carbonyl (C=O) groups is 1. The molecule has 3 N–H and O–H groups in total. The smallest absolute Gasteiger partial charge is 0.227 e. The van der Waals surface area contributed by atoms with Gasteiger partial charge in [-0.25, -0.2) is 0 Å². The van der Waals surface area contributed by atoms with Gasteiger partial charge in [0.05, 0.1) is 12.6 Å². The highest BCUT2D eigenvalue weighted by molar-refractivity contribution is 5.79. The lowest BCUT2D eigenvalue weighted by Gasteiger charge is -2.27. The second-order valence-corrected chi connectivity index (χ2v) is 4.18. The number of aliphatic hydroxyl groups excluding tert-OH is 1. The van der Waals surface area contributed by atoms with Crippen molar-refractivity contribution in [1.29, 1.82) is 0 Å². The van der Waals surface area contributed by atoms with Gasteiger partial charge in [-0.15, -0.1) is 0 Å². The lowest BCUT2D eigenvalue weighted by molar-refractivity contribution is -0.136. The zero-order chi connectivity index (χ0) is 10.7. The fraction of sp³-hybridized carbons (Fsp3) is 0.900. The second-order valence-electron chi connectivity index (χ2n) is 4.18. The third-order valence-electron chi connectivity index (χ3n) is 3.13. The molecule has 0 aromatic carbocycles. The maximum absolute atomic E-state index is 11.8. The summed E-state index contributed by atoms with van der Waals surface area (Å²) in [5, 5.41) is 9.19. The first-order valence-corrected chi connectivity index (χ1v) is 5.23. The minimum atomic E-state index is -0.130. The molecular formula is C10H20N2O2. The van der Waals surface area contributed by atoms with Gasteiger partial charge in [0.2, 0.25) is 5.91 Å². The number of amides is 1. The summed E-state index contributed by atoms with van der Waals surface area (Å²) in [5.41, 5.74) is 5.45. The molecule has 0 bridgehead atoms. The molecule has 1 aliphatic rings. The van der Waals surface area contributed by atoms with E-state index in [9.17, 15) is 9.90 Å². The maximum atomic E-state index is 11.8. The molecule has 0 aliphatic carbocycles. The van der Waals surface area contributed by atoms with Gasteiger partial charge in [0.15, 0.2) is 0 Å². The van der Waals surface area contributed by atoms with Gasteiger partial charge < -0.3 is 15.7 Å². The Morgan fingerprint density at radius 2 is 2.36 bits per heavy atom. The van der Waals surface area contributed by atoms with E-state index in [2.05, 4.69) is 6.92 Å². The number of aliphatic hydroxyl groups is 1. The molecule has 0 aromatic heterocycles. The molecule has 1 amide bonds. The van der Waals surface area contributed by atoms with E-state index in [1.807, 2.05) is 6.92 Å². The molecule has 0 aromatic rings. The van der Waals surface area contributed by atoms with Gasteiger partial charge in [-0.2, -0.15) is 0 Å². The Labute approximate surface area is 85.1 Å². The molecular weight excluding hydrogens is 180 g/mol. The molecule has 82 valence electrons. The Balaban J connectivity index is 2.64. The van der Waals surface area contributed by atoms with E-state index >= 15 is 0 Å². The van der Waals surface area contributed by atoms with Crippen molar-refractivity contribution >= 4 is 5.91 Å². The Hall–Kier alpha value is -0.610. The fourth-order valence-electron chi connectivity index (χ4n) is 1.94. The first-order chi connectivity index (χ1) is 6.61. The number of hydrogen-bond acceptors (Lipinski definition) is 3. The average molecular weight is 200 g/mol. The van der Waals surface area contributed by atoms with Gasteiger partial charge in [0.25, 0.3) is 0 Å². The molecule has 4 nitrogen and oxygen atoms in total. The van der Waals surface area contributed by atoms with Crippen molar-refractivity contribution in [3.05, 3.63) is 0 Å². The first kappa shape index (κ1) is 11.5. The fourth-order valence-corrected chi connectivity index (χ4v) is 1.94. The van der Waals surface area contributed by atoms with Crippen LogP contribution in [0.1, 0.15) is 20.3 Å². The van der Waals surface area contributed by atoms with E-state index in [1.54, 1.807) is 4.90 Å². The number of nitrogens with two attached hydrogens (primary N) is 1. The molecule has 3 unspecified atom stereocenters. The van der Waals surface area contributed by atoms with Gasteiger partial charge in [0.1, 0.15) is 0 Å². The Bertz CT molecular complexity index is 208. The second kappa shape index (κ2) is 4.75. The van der Waals surface area contributed by atoms with Gasteiger partial charge in [-0.05, 0) is 12.3 Å². The SMILES string of the molecule is CC(CN)C(=O)N1CCC(C)C1CO. The van der Waals surface area contributed by atoms with E-state index in [0.717, 1.165) is 13.0 Å². The number of rotatable bonds is 3. The lowest BCUT2D eigenvalue weighted by Crippen LogP contribution is -2.43. The summed E-state index contributed by atoms with van der Waals surface area (Å²) in [5.74, 6) is 0.346. The molecule has 3 atom stereocenters. The van der Waals surface area contributed by atoms with Gasteiger partial charge in [-0.1, -0.05) is 13.8 Å². The van der Waals surface area contributed by atoms with E-state index < -0.39 is 0 Å². The third kappa shape index (κ3) is 2.07. The molecule has 1 fully saturated rings. The standard InChI is InChI=1S/C10H20N2O2/c1-7-3-4-12(9(7)6-13)10(14)8(2)5-11/h7-9,13H,3-6,11H2,1-2H3. The molecule has 14 heavy (non-hydrogen) atoms. The predicted octanol–water partition coefficient (Wildman–Crippen LogP) is -0.189. The summed E-state index contributed by atoms with van der Waals surface area (Å²) in [7, 11) is 0. The summed E-state index contributed by atoms with van der Waals surface area (Å²) < 4.78 is 0. The topological polar surface area (TPSA) is 66.6 Å². The van der Waals surface area contributed by atoms with Gasteiger partial charge in [0, 0.05) is 19.0 Å². The highest BCUT2D eigenvalue weighted by atomic mass is 16.3. The van der Waals surface area contributed by atoms with Crippen LogP contribution in [-0.2, 0) is 4.79 Å². The van der Waals surface area contributed by atoms with Crippen LogP contribution in [-0.4, -0.2) is 41.7 Å². The van der Waals surface area contributed by atoms with Crippen LogP contribution in [0.5, 0.6) is 0 Å². The van der Waals surface area contributed by atoms with Crippen LogP contribution in [0, 0.1) is 11.8 Å². The third-order valence-corrected chi connectivity index (χ3v) is 3.13. The highest BCUT2D eigenvalue weighted by Crippen LogP contribution is 2.24. The Kier molecular flexibility index (Phi) is 3.89. The van der Waals surface area contributed by atoms with Crippen LogP contribution in [0.3, 0.4) is 0 Å². The summed E-state index contributed by atoms with van der Waals surface area (Å²) in [4.78, 5) is 13.6. The van der Waals surface area contributed by atoms with Crippen LogP contribution in [0.4, 0.5) is 0 Å². The predicted molar refractivity (Wildman–Crippen MR) is 54.6 cm³/mol. The molecule has 4 heteroatoms. The molecule has 1 saturated heterocycles. The van der Waals surface area contributed by atoms with Crippen LogP contribution < -0.4 is 5.73 Å². The zero-order valence-corrected chi connectivity index (χ0v) is 8.94. The number of likely N-dealkylation sites (tertiary alicyclic amines) is 1. The van der Waals surface area contributed by atoms with Crippen LogP contribution in [0.2, 0.25) is 0 Å². The van der Waals surface area contributed by atoms with Crippen LogP contribution in [0.25, 0.3) is 0 Å². The van der Waals surface area contributed by atoms with Crippen LogP contribution in [0.15, 0.2) is 0 Å². The summed E-state index contributed by atoms with van der Waals surface area (Å²) in [6.45, 7) is 5.10.